The van der Waals surface area contributed by atoms with Crippen LogP contribution in [0.15, 0.2) is 64.5 Å². The fourth-order valence-corrected chi connectivity index (χ4v) is 3.52. The van der Waals surface area contributed by atoms with Gasteiger partial charge in [0, 0.05) is 28.5 Å². The van der Waals surface area contributed by atoms with Crippen molar-refractivity contribution in [3.63, 3.8) is 0 Å². The van der Waals surface area contributed by atoms with Crippen LogP contribution in [0.1, 0.15) is 17.5 Å². The van der Waals surface area contributed by atoms with Crippen molar-refractivity contribution in [2.45, 2.75) is 26.0 Å². The second kappa shape index (κ2) is 6.37. The van der Waals surface area contributed by atoms with Gasteiger partial charge in [0.25, 0.3) is 5.56 Å². The van der Waals surface area contributed by atoms with E-state index in [1.807, 2.05) is 55.5 Å². The first-order chi connectivity index (χ1) is 12.1. The zero-order valence-electron chi connectivity index (χ0n) is 13.8. The maximum Gasteiger partial charge on any atom is 0.251 e. The Bertz CT molecular complexity index is 1040. The molecular weight excluding hydrogens is 336 g/mol. The van der Waals surface area contributed by atoms with Crippen molar-refractivity contribution in [2.24, 2.45) is 5.16 Å². The quantitative estimate of drug-likeness (QED) is 0.710. The molecular formula is C20H17ClN2O2. The fraction of sp³-hybridized carbons (Fsp3) is 0.200. The minimum Gasteiger partial charge on any atom is -0.390 e. The molecule has 1 atom stereocenters. The number of para-hydroxylation sites is 1. The Kier molecular flexibility index (Phi) is 4.06. The van der Waals surface area contributed by atoms with E-state index < -0.39 is 0 Å². The van der Waals surface area contributed by atoms with Gasteiger partial charge in [0.15, 0.2) is 6.10 Å². The van der Waals surface area contributed by atoms with Crippen molar-refractivity contribution in [3.8, 4) is 0 Å². The van der Waals surface area contributed by atoms with E-state index in [-0.39, 0.29) is 11.7 Å². The lowest BCUT2D eigenvalue weighted by atomic mass is 10.0. The van der Waals surface area contributed by atoms with Crippen molar-refractivity contribution < 1.29 is 4.84 Å². The van der Waals surface area contributed by atoms with Gasteiger partial charge in [-0.05, 0) is 24.6 Å². The van der Waals surface area contributed by atoms with Crippen LogP contribution in [-0.2, 0) is 11.4 Å². The zero-order chi connectivity index (χ0) is 17.4. The zero-order valence-corrected chi connectivity index (χ0v) is 14.5. The highest BCUT2D eigenvalue weighted by molar-refractivity contribution is 6.34. The van der Waals surface area contributed by atoms with Gasteiger partial charge in [-0.25, -0.2) is 0 Å². The summed E-state index contributed by atoms with van der Waals surface area (Å²) in [5.74, 6) is 0. The van der Waals surface area contributed by atoms with Crippen LogP contribution in [0.3, 0.4) is 0 Å². The van der Waals surface area contributed by atoms with E-state index in [4.69, 9.17) is 16.4 Å². The molecule has 5 heteroatoms. The third-order valence-electron chi connectivity index (χ3n) is 4.53. The lowest BCUT2D eigenvalue weighted by Crippen LogP contribution is -2.27. The first-order valence-electron chi connectivity index (χ1n) is 8.20. The van der Waals surface area contributed by atoms with Crippen LogP contribution in [0, 0.1) is 6.92 Å². The van der Waals surface area contributed by atoms with Gasteiger partial charge in [-0.3, -0.25) is 4.79 Å². The number of nitrogens with zero attached hydrogens (tertiary/aromatic N) is 2. The number of benzene rings is 2. The Balaban J connectivity index is 1.62. The number of aryl methyl sites for hydroxylation is 1. The van der Waals surface area contributed by atoms with E-state index in [9.17, 15) is 4.79 Å². The van der Waals surface area contributed by atoms with Crippen molar-refractivity contribution in [1.82, 2.24) is 4.57 Å². The highest BCUT2D eigenvalue weighted by Gasteiger charge is 2.24. The van der Waals surface area contributed by atoms with Crippen molar-refractivity contribution in [1.29, 1.82) is 0 Å². The van der Waals surface area contributed by atoms with Crippen LogP contribution < -0.4 is 5.56 Å². The number of hydrogen-bond donors (Lipinski definition) is 0. The number of hydrogen-bond acceptors (Lipinski definition) is 3. The van der Waals surface area contributed by atoms with Crippen LogP contribution in [-0.4, -0.2) is 16.4 Å². The molecule has 4 rings (SSSR count). The number of rotatable bonds is 3. The number of fused-ring (bicyclic) bond motifs is 1. The molecule has 25 heavy (non-hydrogen) atoms. The molecule has 0 fully saturated rings. The summed E-state index contributed by atoms with van der Waals surface area (Å²) in [7, 11) is 0. The molecule has 0 saturated carbocycles. The molecule has 0 saturated heterocycles. The fourth-order valence-electron chi connectivity index (χ4n) is 3.27. The van der Waals surface area contributed by atoms with Crippen molar-refractivity contribution >= 4 is 28.2 Å². The van der Waals surface area contributed by atoms with Crippen LogP contribution in [0.25, 0.3) is 10.9 Å². The van der Waals surface area contributed by atoms with Gasteiger partial charge in [0.05, 0.1) is 17.8 Å². The molecule has 3 aromatic rings. The number of aromatic nitrogens is 1. The SMILES string of the molecule is Cc1cc(=O)n(C[C@@H]2CC(c3ccccc3Cl)=NO2)c2ccccc12. The molecule has 2 aromatic carbocycles. The predicted octanol–water partition coefficient (Wildman–Crippen LogP) is 4.16. The van der Waals surface area contributed by atoms with Gasteiger partial charge in [0.2, 0.25) is 0 Å². The van der Waals surface area contributed by atoms with Crippen LogP contribution in [0.5, 0.6) is 0 Å². The molecule has 0 spiro atoms. The summed E-state index contributed by atoms with van der Waals surface area (Å²) in [4.78, 5) is 18.1. The van der Waals surface area contributed by atoms with Gasteiger partial charge in [-0.1, -0.05) is 53.2 Å². The molecule has 1 aliphatic heterocycles. The molecule has 0 unspecified atom stereocenters. The Labute approximate surface area is 150 Å². The molecule has 0 N–H and O–H groups in total. The molecule has 0 aliphatic carbocycles. The molecule has 4 nitrogen and oxygen atoms in total. The molecule has 1 aromatic heterocycles. The van der Waals surface area contributed by atoms with Crippen LogP contribution in [0.4, 0.5) is 0 Å². The number of oxime groups is 1. The summed E-state index contributed by atoms with van der Waals surface area (Å²) in [5.41, 5.74) is 3.58. The summed E-state index contributed by atoms with van der Waals surface area (Å²) in [6.07, 6.45) is 0.438. The second-order valence-corrected chi connectivity index (χ2v) is 6.65. The Morgan fingerprint density at radius 1 is 1.20 bits per heavy atom. The molecule has 0 bridgehead atoms. The van der Waals surface area contributed by atoms with E-state index in [1.165, 1.54) is 0 Å². The molecule has 2 heterocycles. The first-order valence-corrected chi connectivity index (χ1v) is 8.58. The van der Waals surface area contributed by atoms with Gasteiger partial charge < -0.3 is 9.40 Å². The topological polar surface area (TPSA) is 43.6 Å². The van der Waals surface area contributed by atoms with E-state index in [1.54, 1.807) is 10.6 Å². The predicted molar refractivity (Wildman–Crippen MR) is 100 cm³/mol. The Morgan fingerprint density at radius 2 is 1.96 bits per heavy atom. The number of halogens is 1. The van der Waals surface area contributed by atoms with Gasteiger partial charge in [-0.15, -0.1) is 0 Å². The minimum atomic E-state index is -0.185. The van der Waals surface area contributed by atoms with Gasteiger partial charge in [0.1, 0.15) is 0 Å². The van der Waals surface area contributed by atoms with E-state index in [0.29, 0.717) is 18.0 Å². The molecule has 126 valence electrons. The van der Waals surface area contributed by atoms with Crippen LogP contribution >= 0.6 is 11.6 Å². The normalized spacial score (nSPS) is 16.7. The van der Waals surface area contributed by atoms with Gasteiger partial charge >= 0.3 is 0 Å². The molecule has 0 amide bonds. The van der Waals surface area contributed by atoms with E-state index in [2.05, 4.69) is 5.16 Å². The smallest absolute Gasteiger partial charge is 0.251 e. The lowest BCUT2D eigenvalue weighted by Gasteiger charge is -2.15. The highest BCUT2D eigenvalue weighted by Crippen LogP contribution is 2.24. The molecule has 1 aliphatic rings. The lowest BCUT2D eigenvalue weighted by molar-refractivity contribution is 0.0727. The summed E-state index contributed by atoms with van der Waals surface area (Å²) in [6.45, 7) is 2.41. The van der Waals surface area contributed by atoms with E-state index in [0.717, 1.165) is 27.7 Å². The third kappa shape index (κ3) is 2.94. The summed E-state index contributed by atoms with van der Waals surface area (Å²) in [5, 5.41) is 5.92. The molecule has 0 radical (unpaired) electrons. The highest BCUT2D eigenvalue weighted by atomic mass is 35.5. The first kappa shape index (κ1) is 15.9. The third-order valence-corrected chi connectivity index (χ3v) is 4.86. The average Bonchev–Trinajstić information content (AvgIpc) is 3.07. The van der Waals surface area contributed by atoms with Crippen molar-refractivity contribution in [2.75, 3.05) is 0 Å². The Hall–Kier alpha value is -2.59. The maximum atomic E-state index is 12.5. The standard InChI is InChI=1S/C20H17ClN2O2/c1-13-10-20(24)23(19-9-5-3-6-15(13)19)12-14-11-18(22-25-14)16-7-2-4-8-17(16)21/h2-10,14H,11-12H2,1H3/t14-/m0/s1. The van der Waals surface area contributed by atoms with E-state index >= 15 is 0 Å². The summed E-state index contributed by atoms with van der Waals surface area (Å²) >= 11 is 6.24. The van der Waals surface area contributed by atoms with Crippen LogP contribution in [0.2, 0.25) is 5.02 Å². The monoisotopic (exact) mass is 352 g/mol. The largest absolute Gasteiger partial charge is 0.390 e. The Morgan fingerprint density at radius 3 is 2.80 bits per heavy atom. The summed E-state index contributed by atoms with van der Waals surface area (Å²) < 4.78 is 1.76. The minimum absolute atomic E-state index is 0.0222. The van der Waals surface area contributed by atoms with Crippen molar-refractivity contribution in [3.05, 3.63) is 81.1 Å². The average molecular weight is 353 g/mol. The second-order valence-electron chi connectivity index (χ2n) is 6.24. The summed E-state index contributed by atoms with van der Waals surface area (Å²) in [6, 6.07) is 17.2. The number of pyridine rings is 1. The van der Waals surface area contributed by atoms with Gasteiger partial charge in [-0.2, -0.15) is 0 Å². The maximum absolute atomic E-state index is 12.5.